The van der Waals surface area contributed by atoms with Crippen molar-refractivity contribution in [2.75, 3.05) is 12.3 Å². The highest BCUT2D eigenvalue weighted by molar-refractivity contribution is 5.90. The van der Waals surface area contributed by atoms with Gasteiger partial charge in [0.25, 0.3) is 0 Å². The van der Waals surface area contributed by atoms with Crippen LogP contribution in [0.1, 0.15) is 16.8 Å². The number of nitrogen functional groups attached to an aromatic ring is 1. The summed E-state index contributed by atoms with van der Waals surface area (Å²) in [6.07, 6.45) is 2.69. The second-order valence-corrected chi connectivity index (χ2v) is 7.19. The molecule has 0 bridgehead atoms. The first-order chi connectivity index (χ1) is 13.7. The molecule has 0 aliphatic carbocycles. The fraction of sp³-hybridized carbons (Fsp3) is 0.182. The summed E-state index contributed by atoms with van der Waals surface area (Å²) in [4.78, 5) is 14.4. The number of H-pyrrole nitrogens is 1. The summed E-state index contributed by atoms with van der Waals surface area (Å²) < 4.78 is 13.4. The lowest BCUT2D eigenvalue weighted by Gasteiger charge is -2.28. The Morgan fingerprint density at radius 2 is 1.93 bits per heavy atom. The van der Waals surface area contributed by atoms with E-state index in [1.807, 2.05) is 24.4 Å². The minimum absolute atomic E-state index is 0.228. The van der Waals surface area contributed by atoms with Crippen LogP contribution in [0.5, 0.6) is 0 Å². The topological polar surface area (TPSA) is 70.8 Å². The van der Waals surface area contributed by atoms with E-state index in [4.69, 9.17) is 5.73 Å². The van der Waals surface area contributed by atoms with Crippen LogP contribution >= 0.6 is 0 Å². The molecule has 2 aromatic heterocycles. The van der Waals surface area contributed by atoms with Gasteiger partial charge in [-0.05, 0) is 41.5 Å². The van der Waals surface area contributed by atoms with Gasteiger partial charge in [-0.1, -0.05) is 18.2 Å². The molecule has 4 aromatic rings. The van der Waals surface area contributed by atoms with Crippen LogP contribution in [-0.2, 0) is 19.5 Å². The summed E-state index contributed by atoms with van der Waals surface area (Å²) in [5.74, 6) is 0.107. The Morgan fingerprint density at radius 1 is 1.11 bits per heavy atom. The Balaban J connectivity index is 1.52. The third kappa shape index (κ3) is 3.01. The van der Waals surface area contributed by atoms with Crippen LogP contribution < -0.4 is 5.73 Å². The zero-order valence-electron chi connectivity index (χ0n) is 15.3. The summed E-state index contributed by atoms with van der Waals surface area (Å²) in [6.45, 7) is 2.49. The number of anilines is 1. The number of fused-ring (bicyclic) bond motifs is 2. The largest absolute Gasteiger partial charge is 0.368 e. The SMILES string of the molecule is Nc1ncc2c(n1)CCN(Cc1c(-c3ccc(F)cc3)[nH]c3ccccc13)C2. The smallest absolute Gasteiger partial charge is 0.220 e. The van der Waals surface area contributed by atoms with Crippen molar-refractivity contribution in [2.45, 2.75) is 19.5 Å². The number of nitrogens with two attached hydrogens (primary N) is 1. The maximum Gasteiger partial charge on any atom is 0.220 e. The van der Waals surface area contributed by atoms with Crippen LogP contribution in [0.2, 0.25) is 0 Å². The Kier molecular flexibility index (Phi) is 4.06. The summed E-state index contributed by atoms with van der Waals surface area (Å²) in [6, 6.07) is 14.9. The quantitative estimate of drug-likeness (QED) is 0.571. The average molecular weight is 373 g/mol. The van der Waals surface area contributed by atoms with Gasteiger partial charge in [-0.25, -0.2) is 14.4 Å². The molecule has 140 valence electrons. The van der Waals surface area contributed by atoms with Crippen molar-refractivity contribution in [3.63, 3.8) is 0 Å². The van der Waals surface area contributed by atoms with Crippen LogP contribution in [0.25, 0.3) is 22.2 Å². The maximum absolute atomic E-state index is 13.4. The number of nitrogens with zero attached hydrogens (tertiary/aromatic N) is 3. The number of hydrogen-bond donors (Lipinski definition) is 2. The average Bonchev–Trinajstić information content (AvgIpc) is 3.07. The van der Waals surface area contributed by atoms with Gasteiger partial charge in [-0.15, -0.1) is 0 Å². The second kappa shape index (κ2) is 6.73. The predicted octanol–water partition coefficient (Wildman–Crippen LogP) is 3.90. The standard InChI is InChI=1S/C22H20FN5/c23-16-7-5-14(6-8-16)21-18(17-3-1-2-4-20(17)26-21)13-28-10-9-19-15(12-28)11-25-22(24)27-19/h1-8,11,26H,9-10,12-13H2,(H2,24,25,27). The van der Waals surface area contributed by atoms with E-state index in [0.29, 0.717) is 5.95 Å². The Labute approximate surface area is 162 Å². The molecule has 0 amide bonds. The van der Waals surface area contributed by atoms with E-state index in [2.05, 4.69) is 38.1 Å². The van der Waals surface area contributed by atoms with Gasteiger partial charge in [0.2, 0.25) is 5.95 Å². The summed E-state index contributed by atoms with van der Waals surface area (Å²) in [5, 5.41) is 1.20. The maximum atomic E-state index is 13.4. The normalized spacial score (nSPS) is 14.3. The number of benzene rings is 2. The van der Waals surface area contributed by atoms with Gasteiger partial charge >= 0.3 is 0 Å². The molecule has 0 saturated heterocycles. The van der Waals surface area contributed by atoms with Crippen LogP contribution in [0.4, 0.5) is 10.3 Å². The first kappa shape index (κ1) is 16.9. The summed E-state index contributed by atoms with van der Waals surface area (Å²) in [5.41, 5.74) is 12.2. The van der Waals surface area contributed by atoms with Crippen LogP contribution in [0.15, 0.2) is 54.7 Å². The third-order valence-corrected chi connectivity index (χ3v) is 5.36. The van der Waals surface area contributed by atoms with Gasteiger partial charge in [-0.3, -0.25) is 4.90 Å². The lowest BCUT2D eigenvalue weighted by molar-refractivity contribution is 0.244. The number of para-hydroxylation sites is 1. The fourth-order valence-electron chi connectivity index (χ4n) is 3.98. The van der Waals surface area contributed by atoms with Crippen LogP contribution in [-0.4, -0.2) is 26.4 Å². The van der Waals surface area contributed by atoms with E-state index in [0.717, 1.165) is 54.1 Å². The van der Waals surface area contributed by atoms with Crippen LogP contribution in [0.3, 0.4) is 0 Å². The van der Waals surface area contributed by atoms with Gasteiger partial charge < -0.3 is 10.7 Å². The number of nitrogens with one attached hydrogen (secondary N) is 1. The first-order valence-corrected chi connectivity index (χ1v) is 9.35. The molecule has 0 saturated carbocycles. The van der Waals surface area contributed by atoms with Gasteiger partial charge in [0.1, 0.15) is 5.82 Å². The zero-order chi connectivity index (χ0) is 19.1. The monoisotopic (exact) mass is 373 g/mol. The minimum Gasteiger partial charge on any atom is -0.368 e. The van der Waals surface area contributed by atoms with Gasteiger partial charge in [0.05, 0.1) is 11.4 Å². The molecule has 6 heteroatoms. The molecule has 3 N–H and O–H groups in total. The molecular formula is C22H20FN5. The molecule has 2 aromatic carbocycles. The molecule has 5 nitrogen and oxygen atoms in total. The zero-order valence-corrected chi connectivity index (χ0v) is 15.3. The Hall–Kier alpha value is -3.25. The molecule has 0 radical (unpaired) electrons. The van der Waals surface area contributed by atoms with Crippen molar-refractivity contribution in [3.05, 3.63) is 77.4 Å². The van der Waals surface area contributed by atoms with E-state index < -0.39 is 0 Å². The van der Waals surface area contributed by atoms with E-state index >= 15 is 0 Å². The first-order valence-electron chi connectivity index (χ1n) is 9.35. The van der Waals surface area contributed by atoms with Gasteiger partial charge in [0.15, 0.2) is 0 Å². The fourth-order valence-corrected chi connectivity index (χ4v) is 3.98. The van der Waals surface area contributed by atoms with Crippen LogP contribution in [0, 0.1) is 5.82 Å². The molecule has 0 spiro atoms. The molecule has 0 unspecified atom stereocenters. The number of aromatic amines is 1. The van der Waals surface area contributed by atoms with Crippen molar-refractivity contribution in [1.29, 1.82) is 0 Å². The number of halogens is 1. The lowest BCUT2D eigenvalue weighted by atomic mass is 10.0. The van der Waals surface area contributed by atoms with E-state index in [9.17, 15) is 4.39 Å². The molecule has 28 heavy (non-hydrogen) atoms. The molecule has 1 aliphatic heterocycles. The lowest BCUT2D eigenvalue weighted by Crippen LogP contribution is -2.31. The third-order valence-electron chi connectivity index (χ3n) is 5.36. The molecule has 3 heterocycles. The molecule has 5 rings (SSSR count). The van der Waals surface area contributed by atoms with Crippen molar-refractivity contribution in [2.24, 2.45) is 0 Å². The summed E-state index contributed by atoms with van der Waals surface area (Å²) >= 11 is 0. The van der Waals surface area contributed by atoms with E-state index in [1.165, 1.54) is 23.1 Å². The highest BCUT2D eigenvalue weighted by Crippen LogP contribution is 2.32. The molecule has 1 aliphatic rings. The molecule has 0 atom stereocenters. The molecular weight excluding hydrogens is 353 g/mol. The number of rotatable bonds is 3. The van der Waals surface area contributed by atoms with Crippen molar-refractivity contribution in [1.82, 2.24) is 19.9 Å². The van der Waals surface area contributed by atoms with Gasteiger partial charge in [0, 0.05) is 48.7 Å². The highest BCUT2D eigenvalue weighted by atomic mass is 19.1. The Bertz CT molecular complexity index is 1150. The van der Waals surface area contributed by atoms with E-state index in [1.54, 1.807) is 0 Å². The second-order valence-electron chi connectivity index (χ2n) is 7.19. The Morgan fingerprint density at radius 3 is 2.79 bits per heavy atom. The van der Waals surface area contributed by atoms with Crippen molar-refractivity contribution < 1.29 is 4.39 Å². The minimum atomic E-state index is -0.228. The molecule has 0 fully saturated rings. The summed E-state index contributed by atoms with van der Waals surface area (Å²) in [7, 11) is 0. The van der Waals surface area contributed by atoms with Crippen molar-refractivity contribution in [3.8, 4) is 11.3 Å². The van der Waals surface area contributed by atoms with Gasteiger partial charge in [-0.2, -0.15) is 0 Å². The highest BCUT2D eigenvalue weighted by Gasteiger charge is 2.21. The predicted molar refractivity (Wildman–Crippen MR) is 108 cm³/mol. The van der Waals surface area contributed by atoms with Crippen molar-refractivity contribution >= 4 is 16.9 Å². The number of hydrogen-bond acceptors (Lipinski definition) is 4. The van der Waals surface area contributed by atoms with E-state index in [-0.39, 0.29) is 5.82 Å². The number of aromatic nitrogens is 3.